The Balaban J connectivity index is 1.93. The molecule has 2 aliphatic carbocycles. The molecule has 84 valence electrons. The molecule has 3 nitrogen and oxygen atoms in total. The van der Waals surface area contributed by atoms with E-state index in [9.17, 15) is 4.79 Å². The van der Waals surface area contributed by atoms with Crippen LogP contribution in [0.2, 0.25) is 0 Å². The van der Waals surface area contributed by atoms with Crippen LogP contribution in [-0.4, -0.2) is 24.8 Å². The first-order valence-electron chi connectivity index (χ1n) is 6.12. The first-order chi connectivity index (χ1) is 7.32. The molecule has 0 unspecified atom stereocenters. The molecule has 1 aliphatic heterocycles. The molecule has 3 aliphatic rings. The predicted octanol–water partition coefficient (Wildman–Crippen LogP) is 1.90. The minimum Gasteiger partial charge on any atom is -0.347 e. The van der Waals surface area contributed by atoms with Crippen molar-refractivity contribution in [2.75, 3.05) is 13.2 Å². The van der Waals surface area contributed by atoms with Gasteiger partial charge in [0.1, 0.15) is 5.78 Å². The SMILES string of the molecule is O=C1CC[C@@H]2CCCCC3(OCCO3)[C@H]12. The van der Waals surface area contributed by atoms with Crippen molar-refractivity contribution in [2.24, 2.45) is 11.8 Å². The van der Waals surface area contributed by atoms with Gasteiger partial charge in [-0.15, -0.1) is 0 Å². The smallest absolute Gasteiger partial charge is 0.178 e. The Labute approximate surface area is 90.1 Å². The van der Waals surface area contributed by atoms with Crippen molar-refractivity contribution in [2.45, 2.75) is 44.3 Å². The van der Waals surface area contributed by atoms with E-state index in [1.165, 1.54) is 12.8 Å². The molecule has 0 amide bonds. The summed E-state index contributed by atoms with van der Waals surface area (Å²) in [7, 11) is 0. The van der Waals surface area contributed by atoms with Gasteiger partial charge in [-0.25, -0.2) is 0 Å². The van der Waals surface area contributed by atoms with Crippen LogP contribution in [-0.2, 0) is 14.3 Å². The molecule has 3 fully saturated rings. The molecule has 3 heteroatoms. The summed E-state index contributed by atoms with van der Waals surface area (Å²) in [5.41, 5.74) is 0. The highest BCUT2D eigenvalue weighted by molar-refractivity contribution is 5.84. The van der Waals surface area contributed by atoms with E-state index in [-0.39, 0.29) is 5.92 Å². The quantitative estimate of drug-likeness (QED) is 0.612. The van der Waals surface area contributed by atoms with Crippen LogP contribution < -0.4 is 0 Å². The van der Waals surface area contributed by atoms with Crippen molar-refractivity contribution in [3.63, 3.8) is 0 Å². The topological polar surface area (TPSA) is 35.5 Å². The Bertz CT molecular complexity index is 268. The normalized spacial score (nSPS) is 39.3. The number of carbonyl (C=O) groups excluding carboxylic acids is 1. The van der Waals surface area contributed by atoms with Gasteiger partial charge >= 0.3 is 0 Å². The van der Waals surface area contributed by atoms with E-state index in [1.807, 2.05) is 0 Å². The second-order valence-corrected chi connectivity index (χ2v) is 5.00. The van der Waals surface area contributed by atoms with Crippen LogP contribution in [0.25, 0.3) is 0 Å². The van der Waals surface area contributed by atoms with Crippen LogP contribution in [0.1, 0.15) is 38.5 Å². The van der Waals surface area contributed by atoms with Gasteiger partial charge in [-0.05, 0) is 25.2 Å². The molecule has 2 atom stereocenters. The van der Waals surface area contributed by atoms with Crippen molar-refractivity contribution in [3.05, 3.63) is 0 Å². The lowest BCUT2D eigenvalue weighted by molar-refractivity contribution is -0.203. The van der Waals surface area contributed by atoms with Gasteiger partial charge in [-0.1, -0.05) is 6.42 Å². The molecule has 0 aromatic rings. The highest BCUT2D eigenvalue weighted by atomic mass is 16.7. The zero-order valence-corrected chi connectivity index (χ0v) is 9.04. The summed E-state index contributed by atoms with van der Waals surface area (Å²) in [6.45, 7) is 1.33. The summed E-state index contributed by atoms with van der Waals surface area (Å²) in [6, 6.07) is 0. The highest BCUT2D eigenvalue weighted by Gasteiger charge is 2.54. The lowest BCUT2D eigenvalue weighted by Gasteiger charge is -2.33. The Kier molecular flexibility index (Phi) is 2.33. The second-order valence-electron chi connectivity index (χ2n) is 5.00. The van der Waals surface area contributed by atoms with Gasteiger partial charge in [0.15, 0.2) is 5.79 Å². The fraction of sp³-hybridized carbons (Fsp3) is 0.917. The number of carbonyl (C=O) groups is 1. The minimum atomic E-state index is -0.519. The van der Waals surface area contributed by atoms with Crippen molar-refractivity contribution in [1.82, 2.24) is 0 Å². The summed E-state index contributed by atoms with van der Waals surface area (Å²) in [6.07, 6.45) is 6.26. The third-order valence-electron chi connectivity index (χ3n) is 4.18. The maximum atomic E-state index is 12.0. The van der Waals surface area contributed by atoms with Gasteiger partial charge < -0.3 is 9.47 Å². The van der Waals surface area contributed by atoms with Crippen LogP contribution in [0.3, 0.4) is 0 Å². The van der Waals surface area contributed by atoms with E-state index in [2.05, 4.69) is 0 Å². The minimum absolute atomic E-state index is 0.0440. The standard InChI is InChI=1S/C12H18O3/c13-10-5-4-9-3-1-2-6-12(11(9)10)14-7-8-15-12/h9,11H,1-8H2/t9-,11-/m0/s1. The van der Waals surface area contributed by atoms with Crippen molar-refractivity contribution < 1.29 is 14.3 Å². The van der Waals surface area contributed by atoms with Crippen molar-refractivity contribution in [3.8, 4) is 0 Å². The van der Waals surface area contributed by atoms with E-state index < -0.39 is 5.79 Å². The lowest BCUT2D eigenvalue weighted by atomic mass is 9.86. The number of ketones is 1. The zero-order valence-electron chi connectivity index (χ0n) is 9.04. The van der Waals surface area contributed by atoms with Crippen LogP contribution in [0.15, 0.2) is 0 Å². The van der Waals surface area contributed by atoms with Gasteiger partial charge in [0, 0.05) is 12.8 Å². The summed E-state index contributed by atoms with van der Waals surface area (Å²) < 4.78 is 11.6. The van der Waals surface area contributed by atoms with Crippen LogP contribution in [0, 0.1) is 11.8 Å². The summed E-state index contributed by atoms with van der Waals surface area (Å²) in [5, 5.41) is 0. The first-order valence-corrected chi connectivity index (χ1v) is 6.12. The van der Waals surface area contributed by atoms with Crippen LogP contribution in [0.5, 0.6) is 0 Å². The van der Waals surface area contributed by atoms with E-state index in [1.54, 1.807) is 0 Å². The predicted molar refractivity (Wildman–Crippen MR) is 54.3 cm³/mol. The molecule has 1 saturated heterocycles. The van der Waals surface area contributed by atoms with E-state index in [0.29, 0.717) is 24.9 Å². The molecule has 15 heavy (non-hydrogen) atoms. The second kappa shape index (κ2) is 3.56. The van der Waals surface area contributed by atoms with Gasteiger partial charge in [0.25, 0.3) is 0 Å². The van der Waals surface area contributed by atoms with E-state index >= 15 is 0 Å². The number of fused-ring (bicyclic) bond motifs is 2. The largest absolute Gasteiger partial charge is 0.347 e. The molecular weight excluding hydrogens is 192 g/mol. The number of rotatable bonds is 0. The third-order valence-corrected chi connectivity index (χ3v) is 4.18. The number of ether oxygens (including phenoxy) is 2. The van der Waals surface area contributed by atoms with Crippen LogP contribution in [0.4, 0.5) is 0 Å². The first kappa shape index (κ1) is 9.79. The lowest BCUT2D eigenvalue weighted by Crippen LogP contribution is -2.43. The van der Waals surface area contributed by atoms with Gasteiger partial charge in [-0.3, -0.25) is 4.79 Å². The summed E-state index contributed by atoms with van der Waals surface area (Å²) >= 11 is 0. The van der Waals surface area contributed by atoms with Crippen LogP contribution >= 0.6 is 0 Å². The monoisotopic (exact) mass is 210 g/mol. The molecule has 0 aromatic heterocycles. The molecule has 3 rings (SSSR count). The Hall–Kier alpha value is -0.410. The average Bonchev–Trinajstić information content (AvgIpc) is 2.76. The van der Waals surface area contributed by atoms with E-state index in [0.717, 1.165) is 25.7 Å². The van der Waals surface area contributed by atoms with Crippen molar-refractivity contribution >= 4 is 5.78 Å². The molecule has 2 saturated carbocycles. The number of hydrogen-bond donors (Lipinski definition) is 0. The highest BCUT2D eigenvalue weighted by Crippen LogP contribution is 2.48. The number of hydrogen-bond acceptors (Lipinski definition) is 3. The Morgan fingerprint density at radius 2 is 1.93 bits per heavy atom. The molecular formula is C12H18O3. The Morgan fingerprint density at radius 1 is 1.13 bits per heavy atom. The molecule has 1 heterocycles. The maximum absolute atomic E-state index is 12.0. The molecule has 0 radical (unpaired) electrons. The summed E-state index contributed by atoms with van der Waals surface area (Å²) in [4.78, 5) is 12.0. The molecule has 0 N–H and O–H groups in total. The number of Topliss-reactive ketones (excluding diaryl/α,β-unsaturated/α-hetero) is 1. The molecule has 0 aromatic carbocycles. The third kappa shape index (κ3) is 1.44. The van der Waals surface area contributed by atoms with Gasteiger partial charge in [0.2, 0.25) is 0 Å². The maximum Gasteiger partial charge on any atom is 0.178 e. The fourth-order valence-electron chi connectivity index (χ4n) is 3.56. The molecule has 0 bridgehead atoms. The van der Waals surface area contributed by atoms with Gasteiger partial charge in [-0.2, -0.15) is 0 Å². The Morgan fingerprint density at radius 3 is 2.73 bits per heavy atom. The fourth-order valence-corrected chi connectivity index (χ4v) is 3.56. The van der Waals surface area contributed by atoms with Crippen molar-refractivity contribution in [1.29, 1.82) is 0 Å². The summed E-state index contributed by atoms with van der Waals surface area (Å²) in [5.74, 6) is 0.429. The molecule has 1 spiro atoms. The van der Waals surface area contributed by atoms with E-state index in [4.69, 9.17) is 9.47 Å². The van der Waals surface area contributed by atoms with Gasteiger partial charge in [0.05, 0.1) is 19.1 Å². The zero-order chi connectivity index (χ0) is 10.3. The average molecular weight is 210 g/mol.